The van der Waals surface area contributed by atoms with E-state index in [2.05, 4.69) is 10.6 Å². The van der Waals surface area contributed by atoms with Gasteiger partial charge in [0.2, 0.25) is 0 Å². The van der Waals surface area contributed by atoms with Crippen LogP contribution in [-0.4, -0.2) is 19.1 Å². The fraction of sp³-hybridized carbons (Fsp3) is 0.111. The van der Waals surface area contributed by atoms with E-state index in [0.717, 1.165) is 11.1 Å². The zero-order chi connectivity index (χ0) is 16.2. The van der Waals surface area contributed by atoms with Crippen LogP contribution < -0.4 is 10.6 Å². The van der Waals surface area contributed by atoms with Crippen LogP contribution >= 0.6 is 0 Å². The van der Waals surface area contributed by atoms with Crippen molar-refractivity contribution in [2.45, 2.75) is 6.04 Å². The molecule has 5 nitrogen and oxygen atoms in total. The molecule has 2 aromatic rings. The van der Waals surface area contributed by atoms with E-state index in [1.54, 1.807) is 0 Å². The molecule has 2 N–H and O–H groups in total. The van der Waals surface area contributed by atoms with Gasteiger partial charge in [0.25, 0.3) is 0 Å². The average molecular weight is 308 g/mol. The first-order chi connectivity index (χ1) is 11.2. The number of urea groups is 1. The summed E-state index contributed by atoms with van der Waals surface area (Å²) in [6.07, 6.45) is 0. The normalized spacial score (nSPS) is 17.3. The van der Waals surface area contributed by atoms with E-state index in [0.29, 0.717) is 11.3 Å². The lowest BCUT2D eigenvalue weighted by Crippen LogP contribution is -2.45. The minimum absolute atomic E-state index is 0.356. The highest BCUT2D eigenvalue weighted by molar-refractivity contribution is 6.04. The van der Waals surface area contributed by atoms with Crippen LogP contribution in [0.5, 0.6) is 0 Å². The van der Waals surface area contributed by atoms with Crippen LogP contribution in [0.3, 0.4) is 0 Å². The Kier molecular flexibility index (Phi) is 4.10. The Labute approximate surface area is 134 Å². The summed E-state index contributed by atoms with van der Waals surface area (Å²) in [6.45, 7) is 0. The highest BCUT2D eigenvalue weighted by atomic mass is 16.5. The van der Waals surface area contributed by atoms with Crippen LogP contribution in [0.4, 0.5) is 4.79 Å². The third-order valence-electron chi connectivity index (χ3n) is 3.67. The van der Waals surface area contributed by atoms with Gasteiger partial charge in [0.1, 0.15) is 0 Å². The smallest absolute Gasteiger partial charge is 0.338 e. The second-order valence-corrected chi connectivity index (χ2v) is 5.09. The third-order valence-corrected chi connectivity index (χ3v) is 3.67. The molecule has 0 aliphatic carbocycles. The van der Waals surface area contributed by atoms with Crippen LogP contribution in [-0.2, 0) is 9.53 Å². The van der Waals surface area contributed by atoms with E-state index in [1.807, 2.05) is 60.7 Å². The summed E-state index contributed by atoms with van der Waals surface area (Å²) in [5, 5.41) is 5.52. The lowest BCUT2D eigenvalue weighted by molar-refractivity contribution is -0.136. The quantitative estimate of drug-likeness (QED) is 0.857. The van der Waals surface area contributed by atoms with Gasteiger partial charge in [0, 0.05) is 0 Å². The van der Waals surface area contributed by atoms with Crippen LogP contribution in [0, 0.1) is 0 Å². The number of nitrogens with one attached hydrogen (secondary N) is 2. The van der Waals surface area contributed by atoms with Gasteiger partial charge in [-0.25, -0.2) is 9.59 Å². The van der Waals surface area contributed by atoms with Crippen molar-refractivity contribution in [3.63, 3.8) is 0 Å². The standard InChI is InChI=1S/C18H16N2O3/c1-23-17(21)14-15(12-8-4-2-5-9-12)19-18(22)20-16(14)13-10-6-3-7-11-13/h2-11,15H,1H3,(H2,19,20,22)/t15-/m1/s1. The van der Waals surface area contributed by atoms with Crippen molar-refractivity contribution in [2.75, 3.05) is 7.11 Å². The summed E-state index contributed by atoms with van der Waals surface area (Å²) >= 11 is 0. The molecule has 1 aliphatic heterocycles. The van der Waals surface area contributed by atoms with E-state index in [1.165, 1.54) is 7.11 Å². The molecule has 23 heavy (non-hydrogen) atoms. The van der Waals surface area contributed by atoms with Crippen molar-refractivity contribution in [3.8, 4) is 0 Å². The molecule has 0 radical (unpaired) electrons. The van der Waals surface area contributed by atoms with Gasteiger partial charge in [-0.2, -0.15) is 0 Å². The summed E-state index contributed by atoms with van der Waals surface area (Å²) in [5.74, 6) is -0.481. The fourth-order valence-corrected chi connectivity index (χ4v) is 2.62. The molecule has 1 heterocycles. The molecule has 0 bridgehead atoms. The van der Waals surface area contributed by atoms with Crippen molar-refractivity contribution in [2.24, 2.45) is 0 Å². The molecule has 0 saturated heterocycles. The molecule has 116 valence electrons. The van der Waals surface area contributed by atoms with Crippen molar-refractivity contribution < 1.29 is 14.3 Å². The van der Waals surface area contributed by atoms with E-state index in [4.69, 9.17) is 4.74 Å². The first kappa shape index (κ1) is 14.8. The summed E-state index contributed by atoms with van der Waals surface area (Å²) in [7, 11) is 1.33. The van der Waals surface area contributed by atoms with Gasteiger partial charge in [-0.3, -0.25) is 0 Å². The zero-order valence-corrected chi connectivity index (χ0v) is 12.6. The summed E-state index contributed by atoms with van der Waals surface area (Å²) in [4.78, 5) is 24.4. The van der Waals surface area contributed by atoms with Gasteiger partial charge in [0.05, 0.1) is 24.4 Å². The maximum absolute atomic E-state index is 12.4. The maximum atomic E-state index is 12.4. The van der Waals surface area contributed by atoms with E-state index in [-0.39, 0.29) is 6.03 Å². The molecular weight excluding hydrogens is 292 g/mol. The molecule has 3 rings (SSSR count). The molecule has 1 aliphatic rings. The number of esters is 1. The monoisotopic (exact) mass is 308 g/mol. The maximum Gasteiger partial charge on any atom is 0.338 e. The SMILES string of the molecule is COC(=O)C1=C(c2ccccc2)NC(=O)N[C@@H]1c1ccccc1. The van der Waals surface area contributed by atoms with E-state index >= 15 is 0 Å². The van der Waals surface area contributed by atoms with Gasteiger partial charge in [-0.05, 0) is 11.1 Å². The second kappa shape index (κ2) is 6.36. The Balaban J connectivity index is 2.19. The summed E-state index contributed by atoms with van der Waals surface area (Å²) in [6, 6.07) is 17.7. The van der Waals surface area contributed by atoms with Crippen LogP contribution in [0.25, 0.3) is 5.70 Å². The van der Waals surface area contributed by atoms with Crippen molar-refractivity contribution in [1.29, 1.82) is 0 Å². The number of amides is 2. The molecule has 2 amide bonds. The molecule has 0 aromatic heterocycles. The number of carbonyl (C=O) groups excluding carboxylic acids is 2. The highest BCUT2D eigenvalue weighted by Crippen LogP contribution is 2.31. The Morgan fingerprint density at radius 2 is 1.61 bits per heavy atom. The van der Waals surface area contributed by atoms with E-state index < -0.39 is 12.0 Å². The topological polar surface area (TPSA) is 67.4 Å². The predicted octanol–water partition coefficient (Wildman–Crippen LogP) is 2.62. The number of methoxy groups -OCH3 is 1. The lowest BCUT2D eigenvalue weighted by Gasteiger charge is -2.29. The Hall–Kier alpha value is -3.08. The molecule has 0 unspecified atom stereocenters. The predicted molar refractivity (Wildman–Crippen MR) is 86.2 cm³/mol. The van der Waals surface area contributed by atoms with Crippen LogP contribution in [0.15, 0.2) is 66.2 Å². The first-order valence-corrected chi connectivity index (χ1v) is 7.21. The van der Waals surface area contributed by atoms with Gasteiger partial charge in [-0.15, -0.1) is 0 Å². The molecule has 1 atom stereocenters. The zero-order valence-electron chi connectivity index (χ0n) is 12.6. The molecule has 0 fully saturated rings. The molecule has 2 aromatic carbocycles. The number of hydrogen-bond donors (Lipinski definition) is 2. The number of hydrogen-bond acceptors (Lipinski definition) is 3. The fourth-order valence-electron chi connectivity index (χ4n) is 2.62. The van der Waals surface area contributed by atoms with Crippen LogP contribution in [0.2, 0.25) is 0 Å². The van der Waals surface area contributed by atoms with Gasteiger partial charge in [0.15, 0.2) is 0 Å². The van der Waals surface area contributed by atoms with Gasteiger partial charge < -0.3 is 15.4 Å². The Morgan fingerprint density at radius 1 is 1.00 bits per heavy atom. The first-order valence-electron chi connectivity index (χ1n) is 7.21. The molecular formula is C18H16N2O3. The minimum Gasteiger partial charge on any atom is -0.466 e. The van der Waals surface area contributed by atoms with Gasteiger partial charge >= 0.3 is 12.0 Å². The lowest BCUT2D eigenvalue weighted by atomic mass is 9.93. The van der Waals surface area contributed by atoms with Crippen molar-refractivity contribution >= 4 is 17.7 Å². The summed E-state index contributed by atoms with van der Waals surface area (Å²) in [5.41, 5.74) is 2.42. The van der Waals surface area contributed by atoms with Crippen LogP contribution in [0.1, 0.15) is 17.2 Å². The van der Waals surface area contributed by atoms with Crippen molar-refractivity contribution in [3.05, 3.63) is 77.4 Å². The second-order valence-electron chi connectivity index (χ2n) is 5.09. The Bertz CT molecular complexity index is 754. The molecule has 5 heteroatoms. The summed E-state index contributed by atoms with van der Waals surface area (Å²) < 4.78 is 4.94. The largest absolute Gasteiger partial charge is 0.466 e. The highest BCUT2D eigenvalue weighted by Gasteiger charge is 2.33. The Morgan fingerprint density at radius 3 is 2.22 bits per heavy atom. The van der Waals surface area contributed by atoms with Crippen molar-refractivity contribution in [1.82, 2.24) is 10.6 Å². The number of rotatable bonds is 3. The average Bonchev–Trinajstić information content (AvgIpc) is 2.62. The van der Waals surface area contributed by atoms with Gasteiger partial charge in [-0.1, -0.05) is 60.7 Å². The minimum atomic E-state index is -0.562. The third kappa shape index (κ3) is 2.94. The number of benzene rings is 2. The number of carbonyl (C=O) groups is 2. The molecule has 0 spiro atoms. The molecule has 0 saturated carbocycles. The number of ether oxygens (including phenoxy) is 1. The van der Waals surface area contributed by atoms with E-state index in [9.17, 15) is 9.59 Å².